The molecule has 1 saturated heterocycles. The van der Waals surface area contributed by atoms with Gasteiger partial charge < -0.3 is 9.84 Å². The minimum Gasteiger partial charge on any atom is -0.507 e. The molecule has 1 heterocycles. The molecule has 1 unspecified atom stereocenters. The maximum Gasteiger partial charge on any atom is 0.300 e. The number of hydrogen-bond acceptors (Lipinski definition) is 5. The topological polar surface area (TPSA) is 90.6 Å². The van der Waals surface area contributed by atoms with Crippen LogP contribution >= 0.6 is 0 Å². The Morgan fingerprint density at radius 1 is 1.06 bits per heavy atom. The van der Waals surface area contributed by atoms with Crippen LogP contribution in [-0.4, -0.2) is 23.9 Å². The van der Waals surface area contributed by atoms with Crippen LogP contribution in [0.2, 0.25) is 0 Å². The fourth-order valence-corrected chi connectivity index (χ4v) is 4.20. The number of carbonyl (C=O) groups excluding carboxylic acids is 2. The number of halogens is 1. The van der Waals surface area contributed by atoms with Crippen LogP contribution in [-0.2, 0) is 9.59 Å². The highest BCUT2D eigenvalue weighted by atomic mass is 19.1. The number of Topliss-reactive ketones (excluding diaryl/α,β-unsaturated/α-hetero) is 1. The minimum absolute atomic E-state index is 0.0653. The number of ketones is 1. The molecule has 3 aromatic carbocycles. The molecule has 1 N–H and O–H groups in total. The molecule has 1 aliphatic rings. The molecule has 1 atom stereocenters. The van der Waals surface area contributed by atoms with Gasteiger partial charge in [-0.25, -0.2) is 4.39 Å². The zero-order chi connectivity index (χ0) is 24.6. The first-order valence-electron chi connectivity index (χ1n) is 10.5. The number of aryl methyl sites for hydroxylation is 2. The Balaban J connectivity index is 1.98. The fourth-order valence-electron chi connectivity index (χ4n) is 4.20. The number of anilines is 1. The molecule has 34 heavy (non-hydrogen) atoms. The number of benzene rings is 3. The highest BCUT2D eigenvalue weighted by Crippen LogP contribution is 2.43. The third kappa shape index (κ3) is 3.69. The van der Waals surface area contributed by atoms with Crippen molar-refractivity contribution in [3.05, 3.63) is 99.9 Å². The van der Waals surface area contributed by atoms with Crippen molar-refractivity contribution in [2.45, 2.75) is 19.9 Å². The van der Waals surface area contributed by atoms with Crippen molar-refractivity contribution < 1.29 is 23.8 Å². The summed E-state index contributed by atoms with van der Waals surface area (Å²) in [7, 11) is 1.53. The lowest BCUT2D eigenvalue weighted by atomic mass is 9.92. The van der Waals surface area contributed by atoms with Crippen molar-refractivity contribution in [1.82, 2.24) is 0 Å². The molecular formula is C27H21FN2O4. The second-order valence-electron chi connectivity index (χ2n) is 7.99. The fraction of sp³-hybridized carbons (Fsp3) is 0.148. The maximum absolute atomic E-state index is 15.0. The van der Waals surface area contributed by atoms with Gasteiger partial charge in [0, 0.05) is 16.8 Å². The van der Waals surface area contributed by atoms with Crippen molar-refractivity contribution >= 4 is 23.1 Å². The van der Waals surface area contributed by atoms with Crippen LogP contribution in [0, 0.1) is 31.0 Å². The third-order valence-corrected chi connectivity index (χ3v) is 5.92. The summed E-state index contributed by atoms with van der Waals surface area (Å²) in [6, 6.07) is 16.0. The van der Waals surface area contributed by atoms with Crippen molar-refractivity contribution in [3.63, 3.8) is 0 Å². The van der Waals surface area contributed by atoms with Gasteiger partial charge in [0.1, 0.15) is 17.3 Å². The third-order valence-electron chi connectivity index (χ3n) is 5.92. The summed E-state index contributed by atoms with van der Waals surface area (Å²) in [6.07, 6.45) is 0. The van der Waals surface area contributed by atoms with E-state index in [4.69, 9.17) is 10.00 Å². The number of ether oxygens (including phenoxy) is 1. The van der Waals surface area contributed by atoms with Crippen LogP contribution in [0.5, 0.6) is 5.75 Å². The quantitative estimate of drug-likeness (QED) is 0.341. The van der Waals surface area contributed by atoms with Crippen LogP contribution in [0.4, 0.5) is 10.1 Å². The van der Waals surface area contributed by atoms with Gasteiger partial charge in [-0.05, 0) is 67.4 Å². The van der Waals surface area contributed by atoms with E-state index in [0.29, 0.717) is 28.1 Å². The van der Waals surface area contributed by atoms with Gasteiger partial charge in [0.2, 0.25) is 0 Å². The van der Waals surface area contributed by atoms with E-state index in [1.165, 1.54) is 49.6 Å². The summed E-state index contributed by atoms with van der Waals surface area (Å²) in [5.41, 5.74) is 2.21. The number of rotatable bonds is 4. The zero-order valence-electron chi connectivity index (χ0n) is 18.8. The van der Waals surface area contributed by atoms with Crippen LogP contribution < -0.4 is 9.64 Å². The van der Waals surface area contributed by atoms with Gasteiger partial charge in [0.25, 0.3) is 11.7 Å². The van der Waals surface area contributed by atoms with Crippen molar-refractivity contribution in [2.24, 2.45) is 0 Å². The van der Waals surface area contributed by atoms with Gasteiger partial charge >= 0.3 is 0 Å². The molecule has 4 rings (SSSR count). The van der Waals surface area contributed by atoms with E-state index in [9.17, 15) is 19.1 Å². The van der Waals surface area contributed by atoms with Crippen LogP contribution in [0.15, 0.2) is 66.2 Å². The number of aliphatic hydroxyl groups excluding tert-OH is 1. The molecule has 1 aliphatic heterocycles. The second-order valence-corrected chi connectivity index (χ2v) is 7.99. The van der Waals surface area contributed by atoms with Gasteiger partial charge in [0.15, 0.2) is 0 Å². The molecule has 3 aromatic rings. The molecule has 1 fully saturated rings. The van der Waals surface area contributed by atoms with E-state index in [1.54, 1.807) is 32.0 Å². The Hall–Kier alpha value is -4.44. The van der Waals surface area contributed by atoms with Crippen LogP contribution in [0.25, 0.3) is 5.76 Å². The first-order valence-corrected chi connectivity index (χ1v) is 10.5. The number of hydrogen-bond donors (Lipinski definition) is 1. The highest BCUT2D eigenvalue weighted by molar-refractivity contribution is 6.51. The number of carbonyl (C=O) groups is 2. The van der Waals surface area contributed by atoms with E-state index >= 15 is 0 Å². The standard InChI is InChI=1S/C27H21FN2O4/c1-15-13-22(34-3)16(2)12-20(15)25(31)23-24(19-6-4-5-7-21(19)28)30(27(33)26(23)32)18-10-8-17(14-29)9-11-18/h4-13,24,31H,1-3H3/b25-23+. The Morgan fingerprint density at radius 2 is 1.74 bits per heavy atom. The highest BCUT2D eigenvalue weighted by Gasteiger charge is 2.48. The van der Waals surface area contributed by atoms with Gasteiger partial charge in [-0.3, -0.25) is 14.5 Å². The predicted molar refractivity (Wildman–Crippen MR) is 125 cm³/mol. The number of amides is 1. The molecule has 0 saturated carbocycles. The average molecular weight is 456 g/mol. The second kappa shape index (κ2) is 8.83. The lowest BCUT2D eigenvalue weighted by Crippen LogP contribution is -2.29. The van der Waals surface area contributed by atoms with E-state index in [-0.39, 0.29) is 11.1 Å². The van der Waals surface area contributed by atoms with Crippen LogP contribution in [0.1, 0.15) is 33.9 Å². The summed E-state index contributed by atoms with van der Waals surface area (Å²) in [4.78, 5) is 27.6. The average Bonchev–Trinajstić information content (AvgIpc) is 3.10. The molecule has 1 amide bonds. The number of methoxy groups -OCH3 is 1. The smallest absolute Gasteiger partial charge is 0.300 e. The van der Waals surface area contributed by atoms with Crippen molar-refractivity contribution in [1.29, 1.82) is 5.26 Å². The molecule has 0 radical (unpaired) electrons. The Morgan fingerprint density at radius 3 is 2.35 bits per heavy atom. The van der Waals surface area contributed by atoms with E-state index in [0.717, 1.165) is 10.5 Å². The monoisotopic (exact) mass is 456 g/mol. The molecule has 0 aromatic heterocycles. The lowest BCUT2D eigenvalue weighted by molar-refractivity contribution is -0.132. The number of aliphatic hydroxyl groups is 1. The van der Waals surface area contributed by atoms with Crippen molar-refractivity contribution in [3.8, 4) is 11.8 Å². The summed E-state index contributed by atoms with van der Waals surface area (Å²) < 4.78 is 20.3. The molecule has 7 heteroatoms. The van der Waals surface area contributed by atoms with E-state index < -0.39 is 29.3 Å². The summed E-state index contributed by atoms with van der Waals surface area (Å²) in [5.74, 6) is -2.24. The Kier molecular flexibility index (Phi) is 5.91. The van der Waals surface area contributed by atoms with Gasteiger partial charge in [0.05, 0.1) is 30.4 Å². The largest absolute Gasteiger partial charge is 0.507 e. The lowest BCUT2D eigenvalue weighted by Gasteiger charge is -2.26. The van der Waals surface area contributed by atoms with Crippen LogP contribution in [0.3, 0.4) is 0 Å². The van der Waals surface area contributed by atoms with E-state index in [1.807, 2.05) is 6.07 Å². The zero-order valence-corrected chi connectivity index (χ0v) is 18.8. The summed E-state index contributed by atoms with van der Waals surface area (Å²) >= 11 is 0. The Bertz CT molecular complexity index is 1390. The number of nitrogens with zero attached hydrogens (tertiary/aromatic N) is 2. The maximum atomic E-state index is 15.0. The predicted octanol–water partition coefficient (Wildman–Crippen LogP) is 4.95. The molecule has 170 valence electrons. The summed E-state index contributed by atoms with van der Waals surface area (Å²) in [5, 5.41) is 20.4. The molecule has 6 nitrogen and oxygen atoms in total. The molecule has 0 bridgehead atoms. The molecule has 0 spiro atoms. The molecular weight excluding hydrogens is 435 g/mol. The first-order chi connectivity index (χ1) is 16.3. The normalized spacial score (nSPS) is 17.0. The van der Waals surface area contributed by atoms with Gasteiger partial charge in [-0.2, -0.15) is 5.26 Å². The first kappa shape index (κ1) is 22.7. The van der Waals surface area contributed by atoms with Gasteiger partial charge in [-0.15, -0.1) is 0 Å². The Labute approximate surface area is 196 Å². The van der Waals surface area contributed by atoms with Crippen molar-refractivity contribution in [2.75, 3.05) is 12.0 Å². The number of nitriles is 1. The SMILES string of the molecule is COc1cc(C)c(/C(O)=C2\C(=O)C(=O)N(c3ccc(C#N)cc3)C2c2ccccc2F)cc1C. The van der Waals surface area contributed by atoms with Gasteiger partial charge in [-0.1, -0.05) is 18.2 Å². The summed E-state index contributed by atoms with van der Waals surface area (Å²) in [6.45, 7) is 3.53. The van der Waals surface area contributed by atoms with E-state index in [2.05, 4.69) is 0 Å². The minimum atomic E-state index is -1.20. The molecule has 0 aliphatic carbocycles.